The monoisotopic (exact) mass is 487 g/mol. The van der Waals surface area contributed by atoms with E-state index in [-0.39, 0.29) is 29.4 Å². The molecular formula is C28H25NO7. The first kappa shape index (κ1) is 23.3. The van der Waals surface area contributed by atoms with E-state index in [9.17, 15) is 19.8 Å². The molecule has 0 saturated carbocycles. The number of amides is 1. The number of rotatable bonds is 6. The molecule has 2 aliphatic rings. The SMILES string of the molecule is CCOc1cc([C@H]2/C(=C(\O)c3ccc4c(c3)OCCO4)C(=O)C(=O)N2Cc2ccccc2)ccc1O. The van der Waals surface area contributed by atoms with Crippen LogP contribution in [0.5, 0.6) is 23.0 Å². The number of phenolic OH excluding ortho intramolecular Hbond substituents is 1. The number of Topliss-reactive ketones (excluding diaryl/α,β-unsaturated/α-hetero) is 1. The van der Waals surface area contributed by atoms with Crippen LogP contribution in [-0.4, -0.2) is 46.6 Å². The molecule has 5 rings (SSSR count). The molecule has 0 bridgehead atoms. The smallest absolute Gasteiger partial charge is 0.295 e. The molecule has 1 amide bonds. The maximum Gasteiger partial charge on any atom is 0.295 e. The van der Waals surface area contributed by atoms with E-state index in [0.717, 1.165) is 5.56 Å². The van der Waals surface area contributed by atoms with Crippen LogP contribution in [0.2, 0.25) is 0 Å². The Morgan fingerprint density at radius 3 is 2.50 bits per heavy atom. The molecule has 1 atom stereocenters. The van der Waals surface area contributed by atoms with Crippen LogP contribution >= 0.6 is 0 Å². The number of hydrogen-bond donors (Lipinski definition) is 2. The van der Waals surface area contributed by atoms with Crippen LogP contribution < -0.4 is 14.2 Å². The third-order valence-corrected chi connectivity index (χ3v) is 6.15. The van der Waals surface area contributed by atoms with Gasteiger partial charge in [0.2, 0.25) is 0 Å². The maximum atomic E-state index is 13.3. The predicted octanol–water partition coefficient (Wildman–Crippen LogP) is 4.18. The number of carbonyl (C=O) groups excluding carboxylic acids is 2. The number of ether oxygens (including phenoxy) is 3. The number of fused-ring (bicyclic) bond motifs is 1. The number of benzene rings is 3. The van der Waals surface area contributed by atoms with Crippen LogP contribution in [0.4, 0.5) is 0 Å². The van der Waals surface area contributed by atoms with Gasteiger partial charge in [0.05, 0.1) is 18.2 Å². The second-order valence-corrected chi connectivity index (χ2v) is 8.43. The zero-order chi connectivity index (χ0) is 25.2. The van der Waals surface area contributed by atoms with Gasteiger partial charge in [-0.2, -0.15) is 0 Å². The minimum absolute atomic E-state index is 0.0549. The lowest BCUT2D eigenvalue weighted by Gasteiger charge is -2.26. The standard InChI is InChI=1S/C28H25NO7/c1-2-34-22-14-18(8-10-20(22)30)25-24(26(31)19-9-11-21-23(15-19)36-13-12-35-21)27(32)28(33)29(25)16-17-6-4-3-5-7-17/h3-11,14-15,25,30-31H,2,12-13,16H2,1H3/b26-24+/t25-/m0/s1. The highest BCUT2D eigenvalue weighted by Crippen LogP contribution is 2.43. The molecule has 1 saturated heterocycles. The molecule has 8 heteroatoms. The molecule has 2 N–H and O–H groups in total. The van der Waals surface area contributed by atoms with E-state index in [1.807, 2.05) is 30.3 Å². The zero-order valence-corrected chi connectivity index (χ0v) is 19.6. The van der Waals surface area contributed by atoms with Gasteiger partial charge in [0.25, 0.3) is 11.7 Å². The van der Waals surface area contributed by atoms with Crippen LogP contribution in [0.3, 0.4) is 0 Å². The lowest BCUT2D eigenvalue weighted by Crippen LogP contribution is -2.29. The van der Waals surface area contributed by atoms with Gasteiger partial charge in [0.1, 0.15) is 19.0 Å². The minimum atomic E-state index is -0.904. The van der Waals surface area contributed by atoms with Crippen molar-refractivity contribution in [3.8, 4) is 23.0 Å². The van der Waals surface area contributed by atoms with Crippen molar-refractivity contribution in [2.45, 2.75) is 19.5 Å². The number of aromatic hydroxyl groups is 1. The number of carbonyl (C=O) groups is 2. The summed E-state index contributed by atoms with van der Waals surface area (Å²) in [6, 6.07) is 17.9. The molecule has 36 heavy (non-hydrogen) atoms. The van der Waals surface area contributed by atoms with Crippen molar-refractivity contribution in [1.29, 1.82) is 0 Å². The third kappa shape index (κ3) is 4.22. The highest BCUT2D eigenvalue weighted by Gasteiger charge is 2.46. The zero-order valence-electron chi connectivity index (χ0n) is 19.6. The molecular weight excluding hydrogens is 462 g/mol. The van der Waals surface area contributed by atoms with E-state index in [0.29, 0.717) is 42.4 Å². The first-order valence-electron chi connectivity index (χ1n) is 11.7. The molecule has 2 aliphatic heterocycles. The molecule has 3 aromatic rings. The summed E-state index contributed by atoms with van der Waals surface area (Å²) in [5.41, 5.74) is 1.62. The van der Waals surface area contributed by atoms with Gasteiger partial charge in [-0.25, -0.2) is 0 Å². The quantitative estimate of drug-likeness (QED) is 0.305. The fraction of sp³-hybridized carbons (Fsp3) is 0.214. The van der Waals surface area contributed by atoms with E-state index in [2.05, 4.69) is 0 Å². The molecule has 184 valence electrons. The van der Waals surface area contributed by atoms with E-state index in [1.54, 1.807) is 37.3 Å². The van der Waals surface area contributed by atoms with Crippen molar-refractivity contribution in [2.24, 2.45) is 0 Å². The van der Waals surface area contributed by atoms with Crippen molar-refractivity contribution in [2.75, 3.05) is 19.8 Å². The molecule has 3 aromatic carbocycles. The Morgan fingerprint density at radius 1 is 1.00 bits per heavy atom. The number of hydrogen-bond acceptors (Lipinski definition) is 7. The lowest BCUT2D eigenvalue weighted by molar-refractivity contribution is -0.140. The Morgan fingerprint density at radius 2 is 1.75 bits per heavy atom. The normalized spacial score (nSPS) is 18.4. The van der Waals surface area contributed by atoms with E-state index >= 15 is 0 Å². The first-order valence-corrected chi connectivity index (χ1v) is 11.7. The number of aliphatic hydroxyl groups is 1. The van der Waals surface area contributed by atoms with Crippen molar-refractivity contribution >= 4 is 17.4 Å². The second kappa shape index (κ2) is 9.65. The Bertz CT molecular complexity index is 1350. The Balaban J connectivity index is 1.65. The van der Waals surface area contributed by atoms with Crippen LogP contribution in [0.25, 0.3) is 5.76 Å². The second-order valence-electron chi connectivity index (χ2n) is 8.43. The topological polar surface area (TPSA) is 106 Å². The summed E-state index contributed by atoms with van der Waals surface area (Å²) >= 11 is 0. The predicted molar refractivity (Wildman–Crippen MR) is 131 cm³/mol. The van der Waals surface area contributed by atoms with Gasteiger partial charge in [0, 0.05) is 12.1 Å². The van der Waals surface area contributed by atoms with Gasteiger partial charge in [-0.05, 0) is 48.4 Å². The number of nitrogens with zero attached hydrogens (tertiary/aromatic N) is 1. The van der Waals surface area contributed by atoms with Gasteiger partial charge in [-0.3, -0.25) is 9.59 Å². The summed E-state index contributed by atoms with van der Waals surface area (Å²) in [5.74, 6) is -0.699. The van der Waals surface area contributed by atoms with Crippen molar-refractivity contribution < 1.29 is 34.0 Å². The molecule has 0 radical (unpaired) electrons. The van der Waals surface area contributed by atoms with Crippen LogP contribution in [0.15, 0.2) is 72.3 Å². The van der Waals surface area contributed by atoms with Gasteiger partial charge in [-0.1, -0.05) is 36.4 Å². The lowest BCUT2D eigenvalue weighted by atomic mass is 9.94. The van der Waals surface area contributed by atoms with Crippen LogP contribution in [-0.2, 0) is 16.1 Å². The van der Waals surface area contributed by atoms with E-state index in [1.165, 1.54) is 11.0 Å². The number of phenols is 1. The largest absolute Gasteiger partial charge is 0.507 e. The summed E-state index contributed by atoms with van der Waals surface area (Å²) in [6.07, 6.45) is 0. The number of likely N-dealkylation sites (tertiary alicyclic amines) is 1. The highest BCUT2D eigenvalue weighted by atomic mass is 16.6. The minimum Gasteiger partial charge on any atom is -0.507 e. The fourth-order valence-electron chi connectivity index (χ4n) is 4.49. The Hall–Kier alpha value is -4.46. The number of ketones is 1. The van der Waals surface area contributed by atoms with Crippen LogP contribution in [0, 0.1) is 0 Å². The van der Waals surface area contributed by atoms with Gasteiger partial charge in [0.15, 0.2) is 23.0 Å². The summed E-state index contributed by atoms with van der Waals surface area (Å²) < 4.78 is 16.7. The Kier molecular flexibility index (Phi) is 6.25. The average molecular weight is 488 g/mol. The Labute approximate surface area is 208 Å². The third-order valence-electron chi connectivity index (χ3n) is 6.15. The molecule has 0 aromatic heterocycles. The van der Waals surface area contributed by atoms with E-state index in [4.69, 9.17) is 14.2 Å². The molecule has 0 spiro atoms. The first-order chi connectivity index (χ1) is 17.5. The molecule has 0 unspecified atom stereocenters. The fourth-order valence-corrected chi connectivity index (χ4v) is 4.49. The van der Waals surface area contributed by atoms with Crippen LogP contribution in [0.1, 0.15) is 29.7 Å². The highest BCUT2D eigenvalue weighted by molar-refractivity contribution is 6.46. The average Bonchev–Trinajstić information content (AvgIpc) is 3.15. The van der Waals surface area contributed by atoms with Gasteiger partial charge in [-0.15, -0.1) is 0 Å². The van der Waals surface area contributed by atoms with Crippen molar-refractivity contribution in [3.63, 3.8) is 0 Å². The van der Waals surface area contributed by atoms with Gasteiger partial charge >= 0.3 is 0 Å². The molecule has 0 aliphatic carbocycles. The molecule has 1 fully saturated rings. The molecule has 2 heterocycles. The molecule has 8 nitrogen and oxygen atoms in total. The summed E-state index contributed by atoms with van der Waals surface area (Å²) in [5, 5.41) is 21.6. The maximum absolute atomic E-state index is 13.3. The van der Waals surface area contributed by atoms with E-state index < -0.39 is 17.7 Å². The summed E-state index contributed by atoms with van der Waals surface area (Å²) in [4.78, 5) is 28.0. The van der Waals surface area contributed by atoms with Crippen molar-refractivity contribution in [3.05, 3.63) is 89.0 Å². The summed E-state index contributed by atoms with van der Waals surface area (Å²) in [7, 11) is 0. The summed E-state index contributed by atoms with van der Waals surface area (Å²) in [6.45, 7) is 3.05. The van der Waals surface area contributed by atoms with Crippen molar-refractivity contribution in [1.82, 2.24) is 4.90 Å². The van der Waals surface area contributed by atoms with Gasteiger partial charge < -0.3 is 29.3 Å². The number of aliphatic hydroxyl groups excluding tert-OH is 1.